The van der Waals surface area contributed by atoms with Crippen LogP contribution in [-0.4, -0.2) is 63.2 Å². The van der Waals surface area contributed by atoms with Crippen molar-refractivity contribution in [1.29, 1.82) is 0 Å². The SMILES string of the molecule is CC(C)N1CCc2c(nc(-c3cnc(N)nc3)nc2N2CCOCC2C)C1. The first-order chi connectivity index (χ1) is 13.0. The molecule has 0 amide bonds. The fourth-order valence-corrected chi connectivity index (χ4v) is 3.73. The topological polar surface area (TPSA) is 93.3 Å². The molecule has 8 heteroatoms. The van der Waals surface area contributed by atoms with E-state index >= 15 is 0 Å². The lowest BCUT2D eigenvalue weighted by atomic mass is 10.0. The van der Waals surface area contributed by atoms with E-state index in [9.17, 15) is 0 Å². The molecule has 0 radical (unpaired) electrons. The van der Waals surface area contributed by atoms with Gasteiger partial charge in [0.2, 0.25) is 5.95 Å². The van der Waals surface area contributed by atoms with Gasteiger partial charge in [0.05, 0.1) is 30.5 Å². The zero-order valence-electron chi connectivity index (χ0n) is 16.2. The van der Waals surface area contributed by atoms with Crippen LogP contribution < -0.4 is 10.6 Å². The molecule has 144 valence electrons. The molecule has 4 rings (SSSR count). The van der Waals surface area contributed by atoms with E-state index in [2.05, 4.69) is 40.5 Å². The van der Waals surface area contributed by atoms with E-state index in [1.54, 1.807) is 12.4 Å². The van der Waals surface area contributed by atoms with Crippen molar-refractivity contribution in [3.05, 3.63) is 23.7 Å². The monoisotopic (exact) mass is 369 g/mol. The molecule has 1 atom stereocenters. The molecule has 0 saturated carbocycles. The smallest absolute Gasteiger partial charge is 0.219 e. The van der Waals surface area contributed by atoms with Crippen molar-refractivity contribution in [3.8, 4) is 11.4 Å². The Kier molecular flexibility index (Phi) is 4.92. The summed E-state index contributed by atoms with van der Waals surface area (Å²) in [6, 6.07) is 0.776. The lowest BCUT2D eigenvalue weighted by Crippen LogP contribution is -2.45. The quantitative estimate of drug-likeness (QED) is 0.870. The first-order valence-electron chi connectivity index (χ1n) is 9.59. The number of ether oxygens (including phenoxy) is 1. The van der Waals surface area contributed by atoms with Crippen LogP contribution in [0.4, 0.5) is 11.8 Å². The molecule has 2 aromatic heterocycles. The Hall–Kier alpha value is -2.32. The maximum Gasteiger partial charge on any atom is 0.219 e. The maximum atomic E-state index is 5.64. The predicted molar refractivity (Wildman–Crippen MR) is 104 cm³/mol. The molecule has 0 aliphatic carbocycles. The second-order valence-electron chi connectivity index (χ2n) is 7.56. The van der Waals surface area contributed by atoms with E-state index in [1.807, 2.05) is 0 Å². The molecular weight excluding hydrogens is 342 g/mol. The molecule has 0 bridgehead atoms. The molecule has 27 heavy (non-hydrogen) atoms. The predicted octanol–water partition coefficient (Wildman–Crippen LogP) is 1.51. The Bertz CT molecular complexity index is 808. The minimum Gasteiger partial charge on any atom is -0.377 e. The van der Waals surface area contributed by atoms with Crippen LogP contribution in [0.15, 0.2) is 12.4 Å². The van der Waals surface area contributed by atoms with Crippen molar-refractivity contribution in [2.45, 2.75) is 45.8 Å². The molecule has 4 heterocycles. The average Bonchev–Trinajstić information content (AvgIpc) is 2.67. The van der Waals surface area contributed by atoms with Gasteiger partial charge in [-0.25, -0.2) is 19.9 Å². The van der Waals surface area contributed by atoms with Gasteiger partial charge < -0.3 is 15.4 Å². The van der Waals surface area contributed by atoms with Crippen LogP contribution in [0.3, 0.4) is 0 Å². The highest BCUT2D eigenvalue weighted by molar-refractivity contribution is 5.60. The van der Waals surface area contributed by atoms with Gasteiger partial charge in [-0.15, -0.1) is 0 Å². The molecule has 8 nitrogen and oxygen atoms in total. The van der Waals surface area contributed by atoms with Crippen LogP contribution in [0.25, 0.3) is 11.4 Å². The summed E-state index contributed by atoms with van der Waals surface area (Å²) < 4.78 is 5.63. The molecule has 1 unspecified atom stereocenters. The van der Waals surface area contributed by atoms with Crippen LogP contribution in [0.1, 0.15) is 32.0 Å². The van der Waals surface area contributed by atoms with Crippen molar-refractivity contribution < 1.29 is 4.74 Å². The van der Waals surface area contributed by atoms with Crippen molar-refractivity contribution in [1.82, 2.24) is 24.8 Å². The molecular formula is C19H27N7O. The third-order valence-electron chi connectivity index (χ3n) is 5.37. The average molecular weight is 369 g/mol. The summed E-state index contributed by atoms with van der Waals surface area (Å²) in [5.41, 5.74) is 8.79. The van der Waals surface area contributed by atoms with Gasteiger partial charge in [-0.3, -0.25) is 4.90 Å². The first kappa shape index (κ1) is 18.1. The summed E-state index contributed by atoms with van der Waals surface area (Å²) in [5, 5.41) is 0. The fraction of sp³-hybridized carbons (Fsp3) is 0.579. The molecule has 2 N–H and O–H groups in total. The summed E-state index contributed by atoms with van der Waals surface area (Å²) in [7, 11) is 0. The highest BCUT2D eigenvalue weighted by Crippen LogP contribution is 2.31. The van der Waals surface area contributed by atoms with E-state index in [1.165, 1.54) is 5.56 Å². The first-order valence-corrected chi connectivity index (χ1v) is 9.59. The molecule has 1 fully saturated rings. The Morgan fingerprint density at radius 1 is 1.19 bits per heavy atom. The highest BCUT2D eigenvalue weighted by atomic mass is 16.5. The summed E-state index contributed by atoms with van der Waals surface area (Å²) in [6.45, 7) is 10.8. The lowest BCUT2D eigenvalue weighted by molar-refractivity contribution is 0.0983. The Morgan fingerprint density at radius 3 is 2.67 bits per heavy atom. The standard InChI is InChI=1S/C19H27N7O/c1-12(2)25-5-4-15-16(10-25)23-17(14-8-21-19(20)22-9-14)24-18(15)26-6-7-27-11-13(26)3/h8-9,12-13H,4-7,10-11H2,1-3H3,(H2,20,21,22). The molecule has 0 spiro atoms. The summed E-state index contributed by atoms with van der Waals surface area (Å²) in [4.78, 5) is 22.9. The number of nitrogens with zero attached hydrogens (tertiary/aromatic N) is 6. The Morgan fingerprint density at radius 2 is 1.96 bits per heavy atom. The number of nitrogens with two attached hydrogens (primary N) is 1. The zero-order valence-corrected chi connectivity index (χ0v) is 16.2. The molecule has 2 aliphatic heterocycles. The summed E-state index contributed by atoms with van der Waals surface area (Å²) in [5.74, 6) is 1.95. The highest BCUT2D eigenvalue weighted by Gasteiger charge is 2.29. The minimum atomic E-state index is 0.254. The maximum absolute atomic E-state index is 5.64. The van der Waals surface area contributed by atoms with Gasteiger partial charge in [0.25, 0.3) is 0 Å². The number of hydrogen-bond donors (Lipinski definition) is 1. The van der Waals surface area contributed by atoms with Crippen molar-refractivity contribution >= 4 is 11.8 Å². The van der Waals surface area contributed by atoms with E-state index < -0.39 is 0 Å². The van der Waals surface area contributed by atoms with Gasteiger partial charge in [-0.1, -0.05) is 0 Å². The van der Waals surface area contributed by atoms with E-state index in [4.69, 9.17) is 20.4 Å². The van der Waals surface area contributed by atoms with Crippen LogP contribution in [0, 0.1) is 0 Å². The van der Waals surface area contributed by atoms with E-state index in [0.29, 0.717) is 11.9 Å². The van der Waals surface area contributed by atoms with Gasteiger partial charge in [0.1, 0.15) is 5.82 Å². The van der Waals surface area contributed by atoms with Gasteiger partial charge in [-0.2, -0.15) is 0 Å². The lowest BCUT2D eigenvalue weighted by Gasteiger charge is -2.38. The number of hydrogen-bond acceptors (Lipinski definition) is 8. The third kappa shape index (κ3) is 3.59. The van der Waals surface area contributed by atoms with Crippen molar-refractivity contribution in [3.63, 3.8) is 0 Å². The number of fused-ring (bicyclic) bond motifs is 1. The van der Waals surface area contributed by atoms with Crippen LogP contribution >= 0.6 is 0 Å². The van der Waals surface area contributed by atoms with Crippen LogP contribution in [-0.2, 0) is 17.7 Å². The second-order valence-corrected chi connectivity index (χ2v) is 7.56. The van der Waals surface area contributed by atoms with E-state index in [-0.39, 0.29) is 12.0 Å². The van der Waals surface area contributed by atoms with Gasteiger partial charge >= 0.3 is 0 Å². The van der Waals surface area contributed by atoms with Crippen LogP contribution in [0.2, 0.25) is 0 Å². The molecule has 1 saturated heterocycles. The third-order valence-corrected chi connectivity index (χ3v) is 5.37. The van der Waals surface area contributed by atoms with Gasteiger partial charge in [0, 0.05) is 43.6 Å². The number of rotatable bonds is 3. The number of anilines is 2. The van der Waals surface area contributed by atoms with Crippen LogP contribution in [0.5, 0.6) is 0 Å². The van der Waals surface area contributed by atoms with Crippen molar-refractivity contribution in [2.24, 2.45) is 0 Å². The number of nitrogen functional groups attached to an aromatic ring is 1. The number of morpholine rings is 1. The largest absolute Gasteiger partial charge is 0.377 e. The van der Waals surface area contributed by atoms with Crippen molar-refractivity contribution in [2.75, 3.05) is 36.9 Å². The molecule has 0 aromatic carbocycles. The Labute approximate surface area is 159 Å². The number of aromatic nitrogens is 4. The van der Waals surface area contributed by atoms with Gasteiger partial charge in [0.15, 0.2) is 5.82 Å². The summed E-state index contributed by atoms with van der Waals surface area (Å²) in [6.07, 6.45) is 4.35. The molecule has 2 aromatic rings. The van der Waals surface area contributed by atoms with Gasteiger partial charge in [-0.05, 0) is 27.2 Å². The summed E-state index contributed by atoms with van der Waals surface area (Å²) >= 11 is 0. The minimum absolute atomic E-state index is 0.254. The Balaban J connectivity index is 1.80. The van der Waals surface area contributed by atoms with E-state index in [0.717, 1.165) is 56.3 Å². The second kappa shape index (κ2) is 7.36. The molecule has 2 aliphatic rings. The zero-order chi connectivity index (χ0) is 19.0. The normalized spacial score (nSPS) is 20.7. The fourth-order valence-electron chi connectivity index (χ4n) is 3.73.